The summed E-state index contributed by atoms with van der Waals surface area (Å²) in [4.78, 5) is 1.76. The minimum Gasteiger partial charge on any atom is -0.385 e. The zero-order valence-corrected chi connectivity index (χ0v) is 11.4. The van der Waals surface area contributed by atoms with Gasteiger partial charge in [-0.15, -0.1) is 0 Å². The van der Waals surface area contributed by atoms with Gasteiger partial charge in [0.05, 0.1) is 5.56 Å². The summed E-state index contributed by atoms with van der Waals surface area (Å²) in [5.41, 5.74) is 5.16. The molecule has 20 heavy (non-hydrogen) atoms. The van der Waals surface area contributed by atoms with E-state index in [1.165, 1.54) is 6.07 Å². The van der Waals surface area contributed by atoms with E-state index < -0.39 is 11.7 Å². The predicted molar refractivity (Wildman–Crippen MR) is 72.2 cm³/mol. The summed E-state index contributed by atoms with van der Waals surface area (Å²) >= 11 is 0. The Bertz CT molecular complexity index is 474. The first-order valence-corrected chi connectivity index (χ1v) is 6.03. The van der Waals surface area contributed by atoms with Crippen molar-refractivity contribution in [1.29, 1.82) is 5.41 Å². The highest BCUT2D eigenvalue weighted by atomic mass is 19.4. The number of alkyl halides is 3. The van der Waals surface area contributed by atoms with Crippen molar-refractivity contribution in [2.45, 2.75) is 12.6 Å². The fourth-order valence-corrected chi connectivity index (χ4v) is 1.83. The van der Waals surface area contributed by atoms with Crippen LogP contribution in [0.1, 0.15) is 17.5 Å². The Hall–Kier alpha value is -1.76. The van der Waals surface area contributed by atoms with E-state index in [9.17, 15) is 13.2 Å². The van der Waals surface area contributed by atoms with Crippen LogP contribution in [0.25, 0.3) is 0 Å². The molecule has 0 aromatic heterocycles. The number of methoxy groups -OCH3 is 1. The van der Waals surface area contributed by atoms with Crippen molar-refractivity contribution in [1.82, 2.24) is 0 Å². The van der Waals surface area contributed by atoms with Crippen molar-refractivity contribution in [3.05, 3.63) is 29.3 Å². The van der Waals surface area contributed by atoms with Crippen LogP contribution in [0, 0.1) is 5.41 Å². The highest BCUT2D eigenvalue weighted by Crippen LogP contribution is 2.32. The van der Waals surface area contributed by atoms with Crippen molar-refractivity contribution in [2.75, 3.05) is 32.2 Å². The minimum absolute atomic E-state index is 0.0831. The molecular weight excluding hydrogens is 271 g/mol. The maximum atomic E-state index is 12.7. The maximum Gasteiger partial charge on any atom is 0.416 e. The van der Waals surface area contributed by atoms with Gasteiger partial charge in [0, 0.05) is 38.6 Å². The molecule has 7 heteroatoms. The van der Waals surface area contributed by atoms with Crippen LogP contribution in [0.5, 0.6) is 0 Å². The zero-order chi connectivity index (χ0) is 15.3. The summed E-state index contributed by atoms with van der Waals surface area (Å²) in [6, 6.07) is 3.24. The van der Waals surface area contributed by atoms with Crippen LogP contribution in [0.15, 0.2) is 18.2 Å². The maximum absolute atomic E-state index is 12.7. The molecule has 0 aliphatic carbocycles. The second-order valence-electron chi connectivity index (χ2n) is 4.41. The van der Waals surface area contributed by atoms with Gasteiger partial charge in [-0.2, -0.15) is 13.2 Å². The Morgan fingerprint density at radius 2 is 2.05 bits per heavy atom. The van der Waals surface area contributed by atoms with Gasteiger partial charge in [-0.25, -0.2) is 0 Å². The molecule has 0 amide bonds. The quantitative estimate of drug-likeness (QED) is 0.480. The van der Waals surface area contributed by atoms with Gasteiger partial charge in [0.15, 0.2) is 0 Å². The average molecular weight is 289 g/mol. The number of hydrogen-bond acceptors (Lipinski definition) is 3. The van der Waals surface area contributed by atoms with E-state index in [2.05, 4.69) is 0 Å². The Morgan fingerprint density at radius 1 is 1.40 bits per heavy atom. The first kappa shape index (κ1) is 16.3. The third-order valence-electron chi connectivity index (χ3n) is 2.87. The topological polar surface area (TPSA) is 62.3 Å². The van der Waals surface area contributed by atoms with Crippen LogP contribution in [0.3, 0.4) is 0 Å². The van der Waals surface area contributed by atoms with Crippen molar-refractivity contribution in [3.63, 3.8) is 0 Å². The van der Waals surface area contributed by atoms with Crippen molar-refractivity contribution in [2.24, 2.45) is 5.73 Å². The number of halogens is 3. The number of nitrogens with two attached hydrogens (primary N) is 1. The number of ether oxygens (including phenoxy) is 1. The molecule has 4 nitrogen and oxygen atoms in total. The molecule has 0 aliphatic rings. The zero-order valence-electron chi connectivity index (χ0n) is 11.4. The second kappa shape index (κ2) is 6.60. The van der Waals surface area contributed by atoms with E-state index >= 15 is 0 Å². The number of nitrogen functional groups attached to an aromatic ring is 1. The lowest BCUT2D eigenvalue weighted by atomic mass is 10.1. The summed E-state index contributed by atoms with van der Waals surface area (Å²) in [5.74, 6) is -0.385. The molecule has 1 rings (SSSR count). The average Bonchev–Trinajstić information content (AvgIpc) is 2.37. The molecule has 0 spiro atoms. The largest absolute Gasteiger partial charge is 0.416 e. The predicted octanol–water partition coefficient (Wildman–Crippen LogP) is 2.46. The van der Waals surface area contributed by atoms with Crippen LogP contribution in [-0.4, -0.2) is 33.1 Å². The Morgan fingerprint density at radius 3 is 2.55 bits per heavy atom. The molecule has 1 aromatic rings. The van der Waals surface area contributed by atoms with Crippen LogP contribution in [0.4, 0.5) is 18.9 Å². The van der Waals surface area contributed by atoms with E-state index in [4.69, 9.17) is 15.9 Å². The normalized spacial score (nSPS) is 11.4. The molecule has 0 bridgehead atoms. The van der Waals surface area contributed by atoms with Crippen LogP contribution >= 0.6 is 0 Å². The third-order valence-corrected chi connectivity index (χ3v) is 2.87. The van der Waals surface area contributed by atoms with Gasteiger partial charge in [0.2, 0.25) is 0 Å². The first-order valence-electron chi connectivity index (χ1n) is 6.03. The van der Waals surface area contributed by atoms with Gasteiger partial charge >= 0.3 is 6.18 Å². The minimum atomic E-state index is -4.45. The van der Waals surface area contributed by atoms with E-state index in [-0.39, 0.29) is 11.4 Å². The van der Waals surface area contributed by atoms with Gasteiger partial charge in [-0.05, 0) is 24.6 Å². The van der Waals surface area contributed by atoms with Gasteiger partial charge < -0.3 is 15.4 Å². The highest BCUT2D eigenvalue weighted by molar-refractivity contribution is 6.00. The van der Waals surface area contributed by atoms with Gasteiger partial charge in [-0.3, -0.25) is 5.41 Å². The van der Waals surface area contributed by atoms with Crippen molar-refractivity contribution in [3.8, 4) is 0 Å². The molecule has 0 aliphatic heterocycles. The first-order chi connectivity index (χ1) is 9.27. The van der Waals surface area contributed by atoms with Crippen LogP contribution in [0.2, 0.25) is 0 Å². The third kappa shape index (κ3) is 4.12. The smallest absolute Gasteiger partial charge is 0.385 e. The molecule has 1 aromatic carbocycles. The standard InChI is InChI=1S/C13H18F3N3O/c1-19(6-3-7-20-2)11-5-4-9(13(14,15)16)8-10(11)12(17)18/h4-5,8H,3,6-7H2,1-2H3,(H3,17,18). The summed E-state index contributed by atoms with van der Waals surface area (Å²) < 4.78 is 42.9. The molecule has 0 heterocycles. The Kier molecular flexibility index (Phi) is 5.38. The number of anilines is 1. The molecule has 3 N–H and O–H groups in total. The monoisotopic (exact) mass is 289 g/mol. The van der Waals surface area contributed by atoms with Crippen molar-refractivity contribution < 1.29 is 17.9 Å². The Labute approximate surface area is 115 Å². The van der Waals surface area contributed by atoms with Crippen molar-refractivity contribution >= 4 is 11.5 Å². The number of hydrogen-bond donors (Lipinski definition) is 2. The SMILES string of the molecule is COCCCN(C)c1ccc(C(F)(F)F)cc1C(=N)N. The number of rotatable bonds is 6. The molecule has 0 saturated heterocycles. The van der Waals surface area contributed by atoms with Gasteiger partial charge in [-0.1, -0.05) is 0 Å². The molecule has 0 saturated carbocycles. The van der Waals surface area contributed by atoms with Crippen LogP contribution < -0.4 is 10.6 Å². The molecule has 0 unspecified atom stereocenters. The lowest BCUT2D eigenvalue weighted by Crippen LogP contribution is -2.24. The van der Waals surface area contributed by atoms with E-state index in [0.717, 1.165) is 18.6 Å². The van der Waals surface area contributed by atoms with E-state index in [1.807, 2.05) is 0 Å². The molecule has 112 valence electrons. The number of nitrogens with zero attached hydrogens (tertiary/aromatic N) is 1. The van der Waals surface area contributed by atoms with E-state index in [1.54, 1.807) is 19.1 Å². The van der Waals surface area contributed by atoms with Gasteiger partial charge in [0.1, 0.15) is 5.84 Å². The van der Waals surface area contributed by atoms with E-state index in [0.29, 0.717) is 18.8 Å². The summed E-state index contributed by atoms with van der Waals surface area (Å²) in [7, 11) is 3.32. The fraction of sp³-hybridized carbons (Fsp3) is 0.462. The number of nitrogens with one attached hydrogen (secondary N) is 1. The lowest BCUT2D eigenvalue weighted by Gasteiger charge is -2.23. The molecular formula is C13H18F3N3O. The highest BCUT2D eigenvalue weighted by Gasteiger charge is 2.31. The molecule has 0 fully saturated rings. The summed E-state index contributed by atoms with van der Waals surface area (Å²) in [6.07, 6.45) is -3.72. The lowest BCUT2D eigenvalue weighted by molar-refractivity contribution is -0.137. The second-order valence-corrected chi connectivity index (χ2v) is 4.41. The molecule has 0 atom stereocenters. The van der Waals surface area contributed by atoms with Gasteiger partial charge in [0.25, 0.3) is 0 Å². The summed E-state index contributed by atoms with van der Waals surface area (Å²) in [5, 5.41) is 7.44. The van der Waals surface area contributed by atoms with Crippen LogP contribution in [-0.2, 0) is 10.9 Å². The summed E-state index contributed by atoms with van der Waals surface area (Å²) in [6.45, 7) is 1.15. The fourth-order valence-electron chi connectivity index (χ4n) is 1.83. The Balaban J connectivity index is 3.04. The molecule has 0 radical (unpaired) electrons. The number of benzene rings is 1. The number of amidine groups is 1.